The topological polar surface area (TPSA) is 78.0 Å². The summed E-state index contributed by atoms with van der Waals surface area (Å²) in [6, 6.07) is 7.80. The van der Waals surface area contributed by atoms with Crippen molar-refractivity contribution < 1.29 is 9.53 Å². The van der Waals surface area contributed by atoms with Crippen molar-refractivity contribution in [3.05, 3.63) is 35.4 Å². The first-order valence-electron chi connectivity index (χ1n) is 12.3. The summed E-state index contributed by atoms with van der Waals surface area (Å²) < 4.78 is 5.59. The lowest BCUT2D eigenvalue weighted by Gasteiger charge is -2.48. The second-order valence-electron chi connectivity index (χ2n) is 8.97. The largest absolute Gasteiger partial charge is 0.379 e. The highest BCUT2D eigenvalue weighted by atomic mass is 16.5. The van der Waals surface area contributed by atoms with Crippen LogP contribution in [0.15, 0.2) is 29.3 Å². The van der Waals surface area contributed by atoms with Crippen molar-refractivity contribution in [1.29, 1.82) is 0 Å². The van der Waals surface area contributed by atoms with E-state index in [1.54, 1.807) is 0 Å². The molecule has 1 aromatic rings. The standard InChI is InChI=1S/C25H41N5O2/c1-3-4-14-27-23(31)22-10-8-21(9-11-22)19-28-24(26-2)29-20-25(12-6-5-7-13-25)30-15-17-32-18-16-30/h8-11H,3-7,12-20H2,1-2H3,(H,27,31)(H2,26,28,29). The van der Waals surface area contributed by atoms with Crippen LogP contribution >= 0.6 is 0 Å². The van der Waals surface area contributed by atoms with Gasteiger partial charge in [-0.05, 0) is 37.0 Å². The summed E-state index contributed by atoms with van der Waals surface area (Å²) in [7, 11) is 1.82. The molecule has 178 valence electrons. The van der Waals surface area contributed by atoms with Crippen molar-refractivity contribution in [3.63, 3.8) is 0 Å². The number of morpholine rings is 1. The van der Waals surface area contributed by atoms with Crippen molar-refractivity contribution in [2.45, 2.75) is 64.0 Å². The Morgan fingerprint density at radius 3 is 2.44 bits per heavy atom. The Morgan fingerprint density at radius 2 is 1.78 bits per heavy atom. The molecule has 0 radical (unpaired) electrons. The molecule has 1 heterocycles. The molecule has 7 nitrogen and oxygen atoms in total. The Balaban J connectivity index is 1.50. The van der Waals surface area contributed by atoms with Crippen LogP contribution in [0.3, 0.4) is 0 Å². The average molecular weight is 444 g/mol. The number of guanidine groups is 1. The second-order valence-corrected chi connectivity index (χ2v) is 8.97. The van der Waals surface area contributed by atoms with Gasteiger partial charge in [-0.15, -0.1) is 0 Å². The van der Waals surface area contributed by atoms with E-state index in [-0.39, 0.29) is 11.4 Å². The molecule has 7 heteroatoms. The summed E-state index contributed by atoms with van der Waals surface area (Å²) in [5.74, 6) is 0.820. The van der Waals surface area contributed by atoms with Gasteiger partial charge in [-0.25, -0.2) is 0 Å². The van der Waals surface area contributed by atoms with Crippen molar-refractivity contribution >= 4 is 11.9 Å². The van der Waals surface area contributed by atoms with E-state index in [2.05, 4.69) is 32.8 Å². The van der Waals surface area contributed by atoms with E-state index in [9.17, 15) is 4.79 Å². The van der Waals surface area contributed by atoms with E-state index in [4.69, 9.17) is 4.74 Å². The maximum absolute atomic E-state index is 12.2. The van der Waals surface area contributed by atoms with E-state index in [0.29, 0.717) is 12.1 Å². The molecule has 1 amide bonds. The predicted molar refractivity (Wildman–Crippen MR) is 130 cm³/mol. The molecular weight excluding hydrogens is 402 g/mol. The van der Waals surface area contributed by atoms with Gasteiger partial charge in [-0.3, -0.25) is 14.7 Å². The van der Waals surface area contributed by atoms with Gasteiger partial charge in [0.05, 0.1) is 13.2 Å². The zero-order valence-electron chi connectivity index (χ0n) is 19.9. The first-order valence-corrected chi connectivity index (χ1v) is 12.3. The van der Waals surface area contributed by atoms with Crippen LogP contribution < -0.4 is 16.0 Å². The third-order valence-electron chi connectivity index (χ3n) is 6.77. The molecule has 1 aliphatic carbocycles. The molecule has 1 saturated heterocycles. The number of benzene rings is 1. The Morgan fingerprint density at radius 1 is 1.06 bits per heavy atom. The molecule has 1 saturated carbocycles. The maximum atomic E-state index is 12.2. The Hall–Kier alpha value is -2.12. The van der Waals surface area contributed by atoms with Crippen LogP contribution in [0.1, 0.15) is 67.8 Å². The molecule has 0 spiro atoms. The number of carbonyl (C=O) groups excluding carboxylic acids is 1. The normalized spacial score (nSPS) is 19.4. The highest BCUT2D eigenvalue weighted by Gasteiger charge is 2.38. The van der Waals surface area contributed by atoms with Gasteiger partial charge in [0.1, 0.15) is 0 Å². The van der Waals surface area contributed by atoms with Crippen molar-refractivity contribution in [2.75, 3.05) is 46.4 Å². The highest BCUT2D eigenvalue weighted by molar-refractivity contribution is 5.94. The third kappa shape index (κ3) is 6.94. The molecule has 1 aliphatic heterocycles. The minimum atomic E-state index is -0.00340. The van der Waals surface area contributed by atoms with Gasteiger partial charge in [0.2, 0.25) is 0 Å². The van der Waals surface area contributed by atoms with Gasteiger partial charge in [-0.2, -0.15) is 0 Å². The second kappa shape index (κ2) is 12.8. The number of hydrogen-bond acceptors (Lipinski definition) is 4. The quantitative estimate of drug-likeness (QED) is 0.311. The first-order chi connectivity index (χ1) is 15.7. The number of amides is 1. The van der Waals surface area contributed by atoms with Crippen LogP contribution in [0.2, 0.25) is 0 Å². The Bertz CT molecular complexity index is 722. The lowest BCUT2D eigenvalue weighted by molar-refractivity contribution is -0.0352. The maximum Gasteiger partial charge on any atom is 0.251 e. The van der Waals surface area contributed by atoms with Crippen LogP contribution in [0.25, 0.3) is 0 Å². The van der Waals surface area contributed by atoms with Gasteiger partial charge in [-0.1, -0.05) is 44.7 Å². The van der Waals surface area contributed by atoms with E-state index >= 15 is 0 Å². The third-order valence-corrected chi connectivity index (χ3v) is 6.77. The van der Waals surface area contributed by atoms with E-state index in [1.807, 2.05) is 31.3 Å². The summed E-state index contributed by atoms with van der Waals surface area (Å²) in [5, 5.41) is 9.99. The molecule has 0 bridgehead atoms. The molecule has 2 aliphatic rings. The summed E-state index contributed by atoms with van der Waals surface area (Å²) >= 11 is 0. The molecule has 2 fully saturated rings. The number of ether oxygens (including phenoxy) is 1. The molecular formula is C25H41N5O2. The minimum Gasteiger partial charge on any atom is -0.379 e. The summed E-state index contributed by atoms with van der Waals surface area (Å²) in [6.07, 6.45) is 8.48. The number of hydrogen-bond donors (Lipinski definition) is 3. The fourth-order valence-corrected chi connectivity index (χ4v) is 4.76. The van der Waals surface area contributed by atoms with Crippen molar-refractivity contribution in [2.24, 2.45) is 4.99 Å². The zero-order chi connectivity index (χ0) is 22.7. The Kier molecular flexibility index (Phi) is 9.81. The van der Waals surface area contributed by atoms with Crippen LogP contribution in [0.4, 0.5) is 0 Å². The first kappa shape index (κ1) is 24.5. The van der Waals surface area contributed by atoms with Gasteiger partial charge < -0.3 is 20.7 Å². The van der Waals surface area contributed by atoms with Crippen LogP contribution in [0.5, 0.6) is 0 Å². The molecule has 32 heavy (non-hydrogen) atoms. The number of carbonyl (C=O) groups is 1. The molecule has 0 unspecified atom stereocenters. The zero-order valence-corrected chi connectivity index (χ0v) is 19.9. The summed E-state index contributed by atoms with van der Waals surface area (Å²) in [4.78, 5) is 19.2. The van der Waals surface area contributed by atoms with Gasteiger partial charge >= 0.3 is 0 Å². The highest BCUT2D eigenvalue weighted by Crippen LogP contribution is 2.33. The molecule has 0 atom stereocenters. The lowest BCUT2D eigenvalue weighted by atomic mass is 9.80. The predicted octanol–water partition coefficient (Wildman–Crippen LogP) is 2.92. The number of nitrogens with zero attached hydrogens (tertiary/aromatic N) is 2. The number of unbranched alkanes of at least 4 members (excludes halogenated alkanes) is 1. The molecule has 3 rings (SSSR count). The van der Waals surface area contributed by atoms with Crippen LogP contribution in [0, 0.1) is 0 Å². The summed E-state index contributed by atoms with van der Waals surface area (Å²) in [5.41, 5.74) is 2.03. The Labute approximate surface area is 193 Å². The minimum absolute atomic E-state index is 0.00340. The van der Waals surface area contributed by atoms with E-state index in [0.717, 1.165) is 63.8 Å². The average Bonchev–Trinajstić information content (AvgIpc) is 2.85. The van der Waals surface area contributed by atoms with Gasteiger partial charge in [0.15, 0.2) is 5.96 Å². The van der Waals surface area contributed by atoms with Crippen LogP contribution in [-0.2, 0) is 11.3 Å². The van der Waals surface area contributed by atoms with Crippen LogP contribution in [-0.4, -0.2) is 68.7 Å². The number of rotatable bonds is 9. The van der Waals surface area contributed by atoms with Gasteiger partial charge in [0.25, 0.3) is 5.91 Å². The fourth-order valence-electron chi connectivity index (χ4n) is 4.76. The molecule has 3 N–H and O–H groups in total. The molecule has 0 aromatic heterocycles. The fraction of sp³-hybridized carbons (Fsp3) is 0.680. The van der Waals surface area contributed by atoms with E-state index < -0.39 is 0 Å². The van der Waals surface area contributed by atoms with E-state index in [1.165, 1.54) is 32.1 Å². The van der Waals surface area contributed by atoms with Crippen molar-refractivity contribution in [3.8, 4) is 0 Å². The monoisotopic (exact) mass is 443 g/mol. The number of aliphatic imine (C=N–C) groups is 1. The van der Waals surface area contributed by atoms with Gasteiger partial charge in [0, 0.05) is 50.9 Å². The summed E-state index contributed by atoms with van der Waals surface area (Å²) in [6.45, 7) is 8.13. The number of nitrogens with one attached hydrogen (secondary N) is 3. The lowest BCUT2D eigenvalue weighted by Crippen LogP contribution is -2.60. The molecule has 1 aromatic carbocycles. The smallest absolute Gasteiger partial charge is 0.251 e. The van der Waals surface area contributed by atoms with Crippen molar-refractivity contribution in [1.82, 2.24) is 20.9 Å². The SMILES string of the molecule is CCCCNC(=O)c1ccc(CNC(=NC)NCC2(N3CCOCC3)CCCCC2)cc1.